The second-order valence-electron chi connectivity index (χ2n) is 6.90. The van der Waals surface area contributed by atoms with Crippen LogP contribution < -0.4 is 14.2 Å². The number of nitrogens with zero attached hydrogens (tertiary/aromatic N) is 2. The lowest BCUT2D eigenvalue weighted by atomic mass is 10.1. The summed E-state index contributed by atoms with van der Waals surface area (Å²) >= 11 is 0. The lowest BCUT2D eigenvalue weighted by Gasteiger charge is -2.32. The van der Waals surface area contributed by atoms with Crippen LogP contribution in [0.2, 0.25) is 0 Å². The number of fused-ring (bicyclic) bond motifs is 1. The number of ether oxygens (including phenoxy) is 4. The Hall–Kier alpha value is -2.80. The van der Waals surface area contributed by atoms with Crippen LogP contribution in [0.1, 0.15) is 12.8 Å². The molecular formula is C21H24N2O5. The van der Waals surface area contributed by atoms with Crippen molar-refractivity contribution in [1.29, 1.82) is 0 Å². The van der Waals surface area contributed by atoms with Gasteiger partial charge in [-0.15, -0.1) is 0 Å². The van der Waals surface area contributed by atoms with Crippen LogP contribution in [0, 0.1) is 0 Å². The van der Waals surface area contributed by atoms with Gasteiger partial charge in [0, 0.05) is 32.1 Å². The number of aromatic nitrogens is 1. The van der Waals surface area contributed by atoms with E-state index < -0.39 is 0 Å². The van der Waals surface area contributed by atoms with Crippen molar-refractivity contribution in [3.63, 3.8) is 0 Å². The number of hydrogen-bond acceptors (Lipinski definition) is 6. The molecule has 1 saturated heterocycles. The molecule has 0 spiro atoms. The van der Waals surface area contributed by atoms with Crippen molar-refractivity contribution in [3.8, 4) is 17.2 Å². The van der Waals surface area contributed by atoms with E-state index in [2.05, 4.69) is 4.98 Å². The van der Waals surface area contributed by atoms with Crippen molar-refractivity contribution in [2.75, 3.05) is 32.9 Å². The number of likely N-dealkylation sites (tertiary alicyclic amines) is 1. The van der Waals surface area contributed by atoms with E-state index in [1.54, 1.807) is 12.4 Å². The van der Waals surface area contributed by atoms with Crippen molar-refractivity contribution >= 4 is 5.91 Å². The largest absolute Gasteiger partial charge is 0.489 e. The Morgan fingerprint density at radius 1 is 1.14 bits per heavy atom. The van der Waals surface area contributed by atoms with Crippen LogP contribution in [0.15, 0.2) is 48.8 Å². The van der Waals surface area contributed by atoms with Gasteiger partial charge in [-0.05, 0) is 24.3 Å². The number of hydrogen-bond donors (Lipinski definition) is 0. The molecule has 3 heterocycles. The molecule has 7 nitrogen and oxygen atoms in total. The van der Waals surface area contributed by atoms with Crippen molar-refractivity contribution < 1.29 is 23.7 Å². The van der Waals surface area contributed by atoms with Crippen LogP contribution >= 0.6 is 0 Å². The van der Waals surface area contributed by atoms with Gasteiger partial charge in [0.2, 0.25) is 5.91 Å². The molecule has 1 amide bonds. The Bertz CT molecular complexity index is 777. The van der Waals surface area contributed by atoms with Crippen LogP contribution in [0.25, 0.3) is 0 Å². The highest BCUT2D eigenvalue weighted by molar-refractivity contribution is 5.77. The molecule has 0 aliphatic carbocycles. The van der Waals surface area contributed by atoms with E-state index in [4.69, 9.17) is 18.9 Å². The number of amides is 1. The molecule has 4 rings (SSSR count). The Labute approximate surface area is 164 Å². The summed E-state index contributed by atoms with van der Waals surface area (Å²) in [5, 5.41) is 0. The summed E-state index contributed by atoms with van der Waals surface area (Å²) in [6.07, 6.45) is 4.94. The lowest BCUT2D eigenvalue weighted by molar-refractivity contribution is -0.139. The number of rotatable bonds is 6. The lowest BCUT2D eigenvalue weighted by Crippen LogP contribution is -2.44. The average Bonchev–Trinajstić information content (AvgIpc) is 2.75. The van der Waals surface area contributed by atoms with Crippen LogP contribution in [-0.2, 0) is 9.53 Å². The molecule has 0 N–H and O–H groups in total. The Balaban J connectivity index is 1.15. The second kappa shape index (κ2) is 8.93. The third-order valence-corrected chi connectivity index (χ3v) is 4.83. The van der Waals surface area contributed by atoms with Crippen molar-refractivity contribution in [2.45, 2.75) is 25.0 Å². The highest BCUT2D eigenvalue weighted by Gasteiger charge is 2.25. The SMILES string of the molecule is O=C(COC[C@@H]1COc2ccccc2O1)N1CCC(Oc2cccnc2)CC1. The van der Waals surface area contributed by atoms with Crippen molar-refractivity contribution in [3.05, 3.63) is 48.8 Å². The normalized spacial score (nSPS) is 19.3. The third-order valence-electron chi connectivity index (χ3n) is 4.83. The Morgan fingerprint density at radius 2 is 1.96 bits per heavy atom. The van der Waals surface area contributed by atoms with Crippen LogP contribution in [0.4, 0.5) is 0 Å². The molecule has 0 saturated carbocycles. The average molecular weight is 384 g/mol. The van der Waals surface area contributed by atoms with Crippen LogP contribution in [0.3, 0.4) is 0 Å². The van der Waals surface area contributed by atoms with Crippen LogP contribution in [-0.4, -0.2) is 60.9 Å². The molecule has 0 bridgehead atoms. The first kappa shape index (κ1) is 18.6. The number of carbonyl (C=O) groups excluding carboxylic acids is 1. The first-order valence-electron chi connectivity index (χ1n) is 9.58. The molecule has 7 heteroatoms. The summed E-state index contributed by atoms with van der Waals surface area (Å²) in [6, 6.07) is 11.3. The van der Waals surface area contributed by atoms with E-state index in [1.807, 2.05) is 41.3 Å². The van der Waals surface area contributed by atoms with Gasteiger partial charge in [0.15, 0.2) is 17.6 Å². The van der Waals surface area contributed by atoms with E-state index in [1.165, 1.54) is 0 Å². The molecule has 0 radical (unpaired) electrons. The van der Waals surface area contributed by atoms with Gasteiger partial charge < -0.3 is 23.8 Å². The summed E-state index contributed by atoms with van der Waals surface area (Å²) in [5.74, 6) is 2.22. The van der Waals surface area contributed by atoms with Crippen molar-refractivity contribution in [1.82, 2.24) is 9.88 Å². The zero-order chi connectivity index (χ0) is 19.2. The minimum atomic E-state index is -0.207. The standard InChI is InChI=1S/C21H24N2O5/c24-21(15-25-13-18-14-26-19-5-1-2-6-20(19)28-18)23-10-7-16(8-11-23)27-17-4-3-9-22-12-17/h1-6,9,12,16,18H,7-8,10-11,13-15H2/t18-/m1/s1. The van der Waals surface area contributed by atoms with Gasteiger partial charge in [-0.1, -0.05) is 12.1 Å². The van der Waals surface area contributed by atoms with Gasteiger partial charge in [0.25, 0.3) is 0 Å². The fraction of sp³-hybridized carbons (Fsp3) is 0.429. The molecule has 148 valence electrons. The van der Waals surface area contributed by atoms with E-state index in [0.29, 0.717) is 32.1 Å². The number of benzene rings is 1. The quantitative estimate of drug-likeness (QED) is 0.761. The maximum atomic E-state index is 12.4. The monoisotopic (exact) mass is 384 g/mol. The predicted molar refractivity (Wildman–Crippen MR) is 102 cm³/mol. The third kappa shape index (κ3) is 4.72. The fourth-order valence-corrected chi connectivity index (χ4v) is 3.35. The first-order chi connectivity index (χ1) is 13.8. The molecule has 2 aliphatic heterocycles. The molecule has 2 aliphatic rings. The second-order valence-corrected chi connectivity index (χ2v) is 6.90. The fourth-order valence-electron chi connectivity index (χ4n) is 3.35. The zero-order valence-electron chi connectivity index (χ0n) is 15.7. The number of piperidine rings is 1. The Morgan fingerprint density at radius 3 is 2.75 bits per heavy atom. The minimum Gasteiger partial charge on any atom is -0.489 e. The van der Waals surface area contributed by atoms with Gasteiger partial charge in [0.05, 0.1) is 12.8 Å². The summed E-state index contributed by atoms with van der Waals surface area (Å²) in [5.41, 5.74) is 0. The number of carbonyl (C=O) groups is 1. The van der Waals surface area contributed by atoms with Crippen molar-refractivity contribution in [2.24, 2.45) is 0 Å². The molecule has 1 aromatic heterocycles. The summed E-state index contributed by atoms with van der Waals surface area (Å²) in [6.45, 7) is 2.13. The number of pyridine rings is 1. The number of para-hydroxylation sites is 2. The molecule has 1 aromatic carbocycles. The molecular weight excluding hydrogens is 360 g/mol. The van der Waals surface area contributed by atoms with E-state index in [-0.39, 0.29) is 24.7 Å². The van der Waals surface area contributed by atoms with Gasteiger partial charge in [-0.25, -0.2) is 0 Å². The van der Waals surface area contributed by atoms with E-state index in [0.717, 1.165) is 24.3 Å². The summed E-state index contributed by atoms with van der Waals surface area (Å²) in [4.78, 5) is 18.3. The summed E-state index contributed by atoms with van der Waals surface area (Å²) < 4.78 is 23.0. The van der Waals surface area contributed by atoms with Gasteiger partial charge in [-0.3, -0.25) is 9.78 Å². The molecule has 0 unspecified atom stereocenters. The Kier molecular flexibility index (Phi) is 5.92. The first-order valence-corrected chi connectivity index (χ1v) is 9.58. The minimum absolute atomic E-state index is 0.00282. The molecule has 28 heavy (non-hydrogen) atoms. The maximum Gasteiger partial charge on any atom is 0.248 e. The van der Waals surface area contributed by atoms with E-state index >= 15 is 0 Å². The van der Waals surface area contributed by atoms with E-state index in [9.17, 15) is 4.79 Å². The van der Waals surface area contributed by atoms with Gasteiger partial charge >= 0.3 is 0 Å². The van der Waals surface area contributed by atoms with Gasteiger partial charge in [-0.2, -0.15) is 0 Å². The zero-order valence-corrected chi connectivity index (χ0v) is 15.7. The van der Waals surface area contributed by atoms with Gasteiger partial charge in [0.1, 0.15) is 25.1 Å². The predicted octanol–water partition coefficient (Wildman–Crippen LogP) is 2.31. The highest BCUT2D eigenvalue weighted by Crippen LogP contribution is 2.30. The molecule has 1 atom stereocenters. The summed E-state index contributed by atoms with van der Waals surface area (Å²) in [7, 11) is 0. The maximum absolute atomic E-state index is 12.4. The highest BCUT2D eigenvalue weighted by atomic mass is 16.6. The topological polar surface area (TPSA) is 70.1 Å². The molecule has 2 aromatic rings. The van der Waals surface area contributed by atoms with Crippen LogP contribution in [0.5, 0.6) is 17.2 Å². The smallest absolute Gasteiger partial charge is 0.248 e. The molecule has 1 fully saturated rings.